The van der Waals surface area contributed by atoms with Crippen LogP contribution in [0, 0.1) is 5.92 Å². The highest BCUT2D eigenvalue weighted by Crippen LogP contribution is 2.17. The molecular weight excluding hydrogens is 344 g/mol. The Kier molecular flexibility index (Phi) is 7.97. The van der Waals surface area contributed by atoms with E-state index in [-0.39, 0.29) is 12.5 Å². The monoisotopic (exact) mass is 372 g/mol. The number of carboxylic acids is 1. The number of rotatable bonds is 8. The summed E-state index contributed by atoms with van der Waals surface area (Å²) in [6.45, 7) is 4.76. The third-order valence-electron chi connectivity index (χ3n) is 4.34. The zero-order valence-corrected chi connectivity index (χ0v) is 15.3. The second-order valence-corrected chi connectivity index (χ2v) is 6.80. The first-order chi connectivity index (χ1) is 12.1. The molecule has 0 spiro atoms. The number of carboxylic acid groups (broad SMARTS) is 1. The first-order valence-electron chi connectivity index (χ1n) is 8.60. The normalized spacial score (nSPS) is 20.4. The lowest BCUT2D eigenvalue weighted by molar-refractivity contribution is -0.148. The maximum absolute atomic E-state index is 12.3. The summed E-state index contributed by atoms with van der Waals surface area (Å²) in [4.78, 5) is 48.8. The molecule has 4 unspecified atom stereocenters. The molecule has 3 amide bonds. The van der Waals surface area contributed by atoms with Crippen molar-refractivity contribution in [1.82, 2.24) is 15.5 Å². The van der Waals surface area contributed by atoms with Crippen LogP contribution in [0.1, 0.15) is 33.6 Å². The van der Waals surface area contributed by atoms with Gasteiger partial charge in [-0.1, -0.05) is 13.8 Å². The van der Waals surface area contributed by atoms with Crippen LogP contribution in [0.3, 0.4) is 0 Å². The molecule has 1 fully saturated rings. The molecular formula is C16H28N4O6. The van der Waals surface area contributed by atoms with Gasteiger partial charge in [-0.05, 0) is 25.7 Å². The van der Waals surface area contributed by atoms with Crippen LogP contribution < -0.4 is 16.4 Å². The fraction of sp³-hybridized carbons (Fsp3) is 0.750. The number of aliphatic hydroxyl groups is 1. The number of nitrogens with zero attached hydrogens (tertiary/aromatic N) is 1. The minimum absolute atomic E-state index is 0.284. The number of hydrogen-bond donors (Lipinski definition) is 5. The van der Waals surface area contributed by atoms with Crippen LogP contribution in [-0.4, -0.2) is 76.1 Å². The SMILES string of the molecule is CC(C)C(NC(=O)C(N)C(C)O)C(=O)NCC(=O)N1CCCC1C(=O)O. The van der Waals surface area contributed by atoms with Crippen molar-refractivity contribution in [3.8, 4) is 0 Å². The van der Waals surface area contributed by atoms with Crippen molar-refractivity contribution >= 4 is 23.7 Å². The van der Waals surface area contributed by atoms with Crippen molar-refractivity contribution in [1.29, 1.82) is 0 Å². The first kappa shape index (κ1) is 21.8. The maximum Gasteiger partial charge on any atom is 0.326 e. The lowest BCUT2D eigenvalue weighted by atomic mass is 10.0. The molecule has 0 aliphatic carbocycles. The summed E-state index contributed by atoms with van der Waals surface area (Å²) in [6, 6.07) is -2.98. The van der Waals surface area contributed by atoms with Crippen LogP contribution in [0.2, 0.25) is 0 Å². The summed E-state index contributed by atoms with van der Waals surface area (Å²) in [7, 11) is 0. The summed E-state index contributed by atoms with van der Waals surface area (Å²) in [6.07, 6.45) is -0.0919. The standard InChI is InChI=1S/C16H28N4O6/c1-8(2)13(19-14(23)12(17)9(3)21)15(24)18-7-11(22)20-6-4-5-10(20)16(25)26/h8-10,12-13,21H,4-7,17H2,1-3H3,(H,18,24)(H,19,23)(H,25,26). The van der Waals surface area contributed by atoms with Crippen molar-refractivity contribution in [2.24, 2.45) is 11.7 Å². The molecule has 0 bridgehead atoms. The van der Waals surface area contributed by atoms with Gasteiger partial charge in [-0.15, -0.1) is 0 Å². The molecule has 10 heteroatoms. The van der Waals surface area contributed by atoms with E-state index >= 15 is 0 Å². The van der Waals surface area contributed by atoms with Crippen molar-refractivity contribution in [2.45, 2.75) is 57.8 Å². The lowest BCUT2D eigenvalue weighted by Crippen LogP contribution is -2.57. The number of aliphatic carboxylic acids is 1. The molecule has 0 aromatic heterocycles. The van der Waals surface area contributed by atoms with Crippen molar-refractivity contribution < 1.29 is 29.4 Å². The van der Waals surface area contributed by atoms with Gasteiger partial charge in [0.15, 0.2) is 0 Å². The topological polar surface area (TPSA) is 162 Å². The van der Waals surface area contributed by atoms with Crippen LogP contribution in [0.4, 0.5) is 0 Å². The highest BCUT2D eigenvalue weighted by Gasteiger charge is 2.34. The number of carbonyl (C=O) groups is 4. The zero-order chi connectivity index (χ0) is 20.0. The van der Waals surface area contributed by atoms with Crippen molar-refractivity contribution in [3.63, 3.8) is 0 Å². The summed E-state index contributed by atoms with van der Waals surface area (Å²) >= 11 is 0. The van der Waals surface area contributed by atoms with Crippen LogP contribution >= 0.6 is 0 Å². The number of aliphatic hydroxyl groups excluding tert-OH is 1. The second kappa shape index (κ2) is 9.48. The number of carbonyl (C=O) groups excluding carboxylic acids is 3. The van der Waals surface area contributed by atoms with E-state index in [4.69, 9.17) is 10.8 Å². The van der Waals surface area contributed by atoms with E-state index in [1.807, 2.05) is 0 Å². The van der Waals surface area contributed by atoms with Crippen LogP contribution in [0.25, 0.3) is 0 Å². The third-order valence-corrected chi connectivity index (χ3v) is 4.34. The van der Waals surface area contributed by atoms with Gasteiger partial charge in [0.2, 0.25) is 17.7 Å². The molecule has 4 atom stereocenters. The molecule has 0 aromatic carbocycles. The Hall–Kier alpha value is -2.20. The Bertz CT molecular complexity index is 551. The van der Waals surface area contributed by atoms with Crippen molar-refractivity contribution in [2.75, 3.05) is 13.1 Å². The van der Waals surface area contributed by atoms with Gasteiger partial charge in [0, 0.05) is 6.54 Å². The fourth-order valence-electron chi connectivity index (χ4n) is 2.70. The van der Waals surface area contributed by atoms with Gasteiger partial charge in [-0.25, -0.2) is 4.79 Å². The van der Waals surface area contributed by atoms with Gasteiger partial charge in [0.1, 0.15) is 18.1 Å². The van der Waals surface area contributed by atoms with Gasteiger partial charge in [0.05, 0.1) is 12.6 Å². The minimum Gasteiger partial charge on any atom is -0.480 e. The average molecular weight is 372 g/mol. The molecule has 0 aromatic rings. The summed E-state index contributed by atoms with van der Waals surface area (Å²) in [5.74, 6) is -3.09. The van der Waals surface area contributed by atoms with Crippen LogP contribution in [0.5, 0.6) is 0 Å². The van der Waals surface area contributed by atoms with Gasteiger partial charge in [-0.3, -0.25) is 14.4 Å². The smallest absolute Gasteiger partial charge is 0.326 e. The van der Waals surface area contributed by atoms with Gasteiger partial charge < -0.3 is 31.5 Å². The predicted octanol–water partition coefficient (Wildman–Crippen LogP) is -1.97. The van der Waals surface area contributed by atoms with E-state index < -0.39 is 47.9 Å². The zero-order valence-electron chi connectivity index (χ0n) is 15.3. The van der Waals surface area contributed by atoms with Crippen LogP contribution in [-0.2, 0) is 19.2 Å². The second-order valence-electron chi connectivity index (χ2n) is 6.80. The molecule has 26 heavy (non-hydrogen) atoms. The van der Waals surface area contributed by atoms with Crippen molar-refractivity contribution in [3.05, 3.63) is 0 Å². The number of nitrogens with two attached hydrogens (primary N) is 1. The predicted molar refractivity (Wildman–Crippen MR) is 91.8 cm³/mol. The van der Waals surface area contributed by atoms with E-state index in [1.165, 1.54) is 11.8 Å². The Labute approximate surface area is 152 Å². The van der Waals surface area contributed by atoms with Gasteiger partial charge in [-0.2, -0.15) is 0 Å². The Morgan fingerprint density at radius 2 is 1.81 bits per heavy atom. The van der Waals surface area contributed by atoms with Gasteiger partial charge >= 0.3 is 5.97 Å². The molecule has 1 saturated heterocycles. The minimum atomic E-state index is -1.17. The molecule has 10 nitrogen and oxygen atoms in total. The number of likely N-dealkylation sites (tertiary alicyclic amines) is 1. The molecule has 1 heterocycles. The highest BCUT2D eigenvalue weighted by atomic mass is 16.4. The molecule has 1 rings (SSSR count). The van der Waals surface area contributed by atoms with E-state index in [2.05, 4.69) is 10.6 Å². The third kappa shape index (κ3) is 5.67. The number of hydrogen-bond acceptors (Lipinski definition) is 6. The molecule has 1 aliphatic rings. The summed E-state index contributed by atoms with van der Waals surface area (Å²) < 4.78 is 0. The summed E-state index contributed by atoms with van der Waals surface area (Å²) in [5.41, 5.74) is 5.55. The molecule has 6 N–H and O–H groups in total. The van der Waals surface area contributed by atoms with E-state index in [0.717, 1.165) is 0 Å². The molecule has 0 saturated carbocycles. The first-order valence-corrected chi connectivity index (χ1v) is 8.60. The Morgan fingerprint density at radius 1 is 1.19 bits per heavy atom. The Balaban J connectivity index is 2.63. The highest BCUT2D eigenvalue weighted by molar-refractivity contribution is 5.93. The molecule has 1 aliphatic heterocycles. The number of amides is 3. The van der Waals surface area contributed by atoms with E-state index in [9.17, 15) is 24.3 Å². The fourth-order valence-corrected chi connectivity index (χ4v) is 2.70. The van der Waals surface area contributed by atoms with E-state index in [0.29, 0.717) is 19.4 Å². The average Bonchev–Trinajstić information content (AvgIpc) is 3.05. The Morgan fingerprint density at radius 3 is 2.31 bits per heavy atom. The quantitative estimate of drug-likeness (QED) is 0.330. The van der Waals surface area contributed by atoms with Gasteiger partial charge in [0.25, 0.3) is 0 Å². The lowest BCUT2D eigenvalue weighted by Gasteiger charge is -2.25. The van der Waals surface area contributed by atoms with Crippen LogP contribution in [0.15, 0.2) is 0 Å². The van der Waals surface area contributed by atoms with E-state index in [1.54, 1.807) is 13.8 Å². The largest absolute Gasteiger partial charge is 0.480 e. The maximum atomic E-state index is 12.3. The number of nitrogens with one attached hydrogen (secondary N) is 2. The summed E-state index contributed by atoms with van der Waals surface area (Å²) in [5, 5.41) is 23.4. The molecule has 148 valence electrons. The molecule has 0 radical (unpaired) electrons.